The summed E-state index contributed by atoms with van der Waals surface area (Å²) >= 11 is 0. The van der Waals surface area contributed by atoms with E-state index in [2.05, 4.69) is 20.3 Å². The molecular weight excluding hydrogens is 342 g/mol. The molecule has 4 rings (SSSR count). The lowest BCUT2D eigenvalue weighted by molar-refractivity contribution is -0.0511. The highest BCUT2D eigenvalue weighted by Crippen LogP contribution is 2.32. The third kappa shape index (κ3) is 3.03. The van der Waals surface area contributed by atoms with Crippen LogP contribution in [0.5, 0.6) is 0 Å². The Morgan fingerprint density at radius 1 is 1.08 bits per heavy atom. The SMILES string of the molecule is OCC1OC(n2cnc3c(NC4CCC(O)CC4)ncnc32)C(O)C1O. The predicted octanol–water partition coefficient (Wildman–Crippen LogP) is -0.847. The van der Waals surface area contributed by atoms with E-state index in [0.717, 1.165) is 25.7 Å². The Bertz CT molecular complexity index is 763. The van der Waals surface area contributed by atoms with Gasteiger partial charge in [0.2, 0.25) is 0 Å². The number of aromatic nitrogens is 4. The molecule has 0 amide bonds. The molecule has 0 radical (unpaired) electrons. The molecule has 2 aromatic heterocycles. The van der Waals surface area contributed by atoms with E-state index in [1.165, 1.54) is 17.2 Å². The van der Waals surface area contributed by atoms with E-state index in [9.17, 15) is 20.4 Å². The first-order chi connectivity index (χ1) is 12.6. The van der Waals surface area contributed by atoms with E-state index >= 15 is 0 Å². The predicted molar refractivity (Wildman–Crippen MR) is 90.2 cm³/mol. The number of anilines is 1. The van der Waals surface area contributed by atoms with Crippen molar-refractivity contribution in [3.63, 3.8) is 0 Å². The van der Waals surface area contributed by atoms with Gasteiger partial charge in [-0.05, 0) is 25.7 Å². The van der Waals surface area contributed by atoms with Gasteiger partial charge in [0.15, 0.2) is 23.2 Å². The second kappa shape index (κ2) is 7.05. The number of fused-ring (bicyclic) bond motifs is 1. The van der Waals surface area contributed by atoms with Crippen molar-refractivity contribution in [1.29, 1.82) is 0 Å². The van der Waals surface area contributed by atoms with Crippen molar-refractivity contribution in [2.24, 2.45) is 0 Å². The molecule has 1 aliphatic heterocycles. The zero-order valence-corrected chi connectivity index (χ0v) is 14.1. The van der Waals surface area contributed by atoms with Crippen LogP contribution < -0.4 is 5.32 Å². The minimum absolute atomic E-state index is 0.204. The first-order valence-electron chi connectivity index (χ1n) is 8.83. The average Bonchev–Trinajstić information content (AvgIpc) is 3.19. The number of hydrogen-bond acceptors (Lipinski definition) is 9. The first-order valence-corrected chi connectivity index (χ1v) is 8.83. The Morgan fingerprint density at radius 2 is 1.85 bits per heavy atom. The van der Waals surface area contributed by atoms with Crippen molar-refractivity contribution >= 4 is 17.0 Å². The second-order valence-electron chi connectivity index (χ2n) is 6.92. The van der Waals surface area contributed by atoms with Crippen molar-refractivity contribution in [1.82, 2.24) is 19.5 Å². The molecule has 142 valence electrons. The zero-order valence-electron chi connectivity index (χ0n) is 14.1. The number of aliphatic hydroxyl groups excluding tert-OH is 4. The van der Waals surface area contributed by atoms with E-state index in [4.69, 9.17) is 4.74 Å². The maximum Gasteiger partial charge on any atom is 0.167 e. The second-order valence-corrected chi connectivity index (χ2v) is 6.92. The van der Waals surface area contributed by atoms with Gasteiger partial charge in [0, 0.05) is 6.04 Å². The van der Waals surface area contributed by atoms with Gasteiger partial charge >= 0.3 is 0 Å². The molecule has 1 saturated carbocycles. The Labute approximate surface area is 149 Å². The molecule has 10 nitrogen and oxygen atoms in total. The van der Waals surface area contributed by atoms with Crippen LogP contribution in [0.3, 0.4) is 0 Å². The van der Waals surface area contributed by atoms with Gasteiger partial charge in [0.1, 0.15) is 24.6 Å². The van der Waals surface area contributed by atoms with Gasteiger partial charge in [-0.15, -0.1) is 0 Å². The van der Waals surface area contributed by atoms with Crippen LogP contribution in [-0.4, -0.2) is 77.0 Å². The van der Waals surface area contributed by atoms with E-state index in [1.807, 2.05) is 0 Å². The fourth-order valence-corrected chi connectivity index (χ4v) is 3.67. The number of nitrogens with one attached hydrogen (secondary N) is 1. The highest BCUT2D eigenvalue weighted by Gasteiger charge is 2.44. The first kappa shape index (κ1) is 17.6. The summed E-state index contributed by atoms with van der Waals surface area (Å²) in [6.07, 6.45) is 1.73. The third-order valence-electron chi connectivity index (χ3n) is 5.19. The summed E-state index contributed by atoms with van der Waals surface area (Å²) in [5.74, 6) is 0.585. The fraction of sp³-hybridized carbons (Fsp3) is 0.688. The largest absolute Gasteiger partial charge is 0.394 e. The van der Waals surface area contributed by atoms with Crippen LogP contribution in [0.1, 0.15) is 31.9 Å². The van der Waals surface area contributed by atoms with Crippen molar-refractivity contribution in [2.45, 2.75) is 62.4 Å². The van der Waals surface area contributed by atoms with Crippen LogP contribution in [0.25, 0.3) is 11.2 Å². The lowest BCUT2D eigenvalue weighted by Gasteiger charge is -2.26. The summed E-state index contributed by atoms with van der Waals surface area (Å²) in [6.45, 7) is -0.392. The van der Waals surface area contributed by atoms with E-state index < -0.39 is 31.1 Å². The molecular formula is C16H23N5O5. The Kier molecular flexibility index (Phi) is 4.76. The summed E-state index contributed by atoms with van der Waals surface area (Å²) in [4.78, 5) is 12.9. The lowest BCUT2D eigenvalue weighted by Crippen LogP contribution is -2.33. The standard InChI is InChI=1S/C16H23N5O5/c22-5-10-12(24)13(25)16(26-10)21-7-19-11-14(17-6-18-15(11)21)20-8-1-3-9(23)4-2-8/h6-10,12-13,16,22-25H,1-5H2,(H,17,18,20). The molecule has 4 atom stereocenters. The monoisotopic (exact) mass is 365 g/mol. The summed E-state index contributed by atoms with van der Waals surface area (Å²) in [6, 6.07) is 0.204. The van der Waals surface area contributed by atoms with Crippen molar-refractivity contribution in [3.05, 3.63) is 12.7 Å². The maximum atomic E-state index is 10.2. The molecule has 1 saturated heterocycles. The molecule has 0 bridgehead atoms. The Morgan fingerprint density at radius 3 is 2.54 bits per heavy atom. The van der Waals surface area contributed by atoms with Gasteiger partial charge in [-0.3, -0.25) is 4.57 Å². The minimum Gasteiger partial charge on any atom is -0.394 e. The summed E-state index contributed by atoms with van der Waals surface area (Å²) < 4.78 is 7.09. The van der Waals surface area contributed by atoms with Crippen LogP contribution in [0.4, 0.5) is 5.82 Å². The molecule has 3 heterocycles. The average molecular weight is 365 g/mol. The smallest absolute Gasteiger partial charge is 0.167 e. The lowest BCUT2D eigenvalue weighted by atomic mass is 9.93. The van der Waals surface area contributed by atoms with Gasteiger partial charge in [0.05, 0.1) is 19.0 Å². The number of aliphatic hydroxyl groups is 4. The molecule has 2 aromatic rings. The molecule has 0 spiro atoms. The number of imidazole rings is 1. The van der Waals surface area contributed by atoms with Crippen molar-refractivity contribution in [3.8, 4) is 0 Å². The van der Waals surface area contributed by atoms with Crippen LogP contribution in [0.2, 0.25) is 0 Å². The quantitative estimate of drug-likeness (QED) is 0.468. The van der Waals surface area contributed by atoms with Crippen LogP contribution in [-0.2, 0) is 4.74 Å². The molecule has 10 heteroatoms. The number of nitrogens with zero attached hydrogens (tertiary/aromatic N) is 4. The van der Waals surface area contributed by atoms with Crippen LogP contribution in [0, 0.1) is 0 Å². The number of hydrogen-bond donors (Lipinski definition) is 5. The highest BCUT2D eigenvalue weighted by molar-refractivity contribution is 5.82. The summed E-state index contributed by atoms with van der Waals surface area (Å²) in [5, 5.41) is 42.4. The van der Waals surface area contributed by atoms with Crippen molar-refractivity contribution in [2.75, 3.05) is 11.9 Å². The molecule has 2 aliphatic rings. The Hall–Kier alpha value is -1.85. The molecule has 1 aliphatic carbocycles. The zero-order chi connectivity index (χ0) is 18.3. The minimum atomic E-state index is -1.20. The normalized spacial score (nSPS) is 35.1. The van der Waals surface area contributed by atoms with Crippen LogP contribution >= 0.6 is 0 Å². The van der Waals surface area contributed by atoms with E-state index in [1.54, 1.807) is 0 Å². The van der Waals surface area contributed by atoms with E-state index in [-0.39, 0.29) is 12.1 Å². The van der Waals surface area contributed by atoms with Gasteiger partial charge in [-0.25, -0.2) is 15.0 Å². The molecule has 2 fully saturated rings. The summed E-state index contributed by atoms with van der Waals surface area (Å²) in [7, 11) is 0. The highest BCUT2D eigenvalue weighted by atomic mass is 16.6. The molecule has 26 heavy (non-hydrogen) atoms. The van der Waals surface area contributed by atoms with Gasteiger partial charge < -0.3 is 30.5 Å². The fourth-order valence-electron chi connectivity index (χ4n) is 3.67. The number of ether oxygens (including phenoxy) is 1. The molecule has 5 N–H and O–H groups in total. The maximum absolute atomic E-state index is 10.2. The third-order valence-corrected chi connectivity index (χ3v) is 5.19. The van der Waals surface area contributed by atoms with Crippen molar-refractivity contribution < 1.29 is 25.2 Å². The molecule has 4 unspecified atom stereocenters. The topological polar surface area (TPSA) is 146 Å². The van der Waals surface area contributed by atoms with E-state index in [0.29, 0.717) is 17.0 Å². The van der Waals surface area contributed by atoms with Gasteiger partial charge in [-0.1, -0.05) is 0 Å². The van der Waals surface area contributed by atoms with Gasteiger partial charge in [0.25, 0.3) is 0 Å². The molecule has 0 aromatic carbocycles. The Balaban J connectivity index is 1.59. The van der Waals surface area contributed by atoms with Crippen LogP contribution in [0.15, 0.2) is 12.7 Å². The number of rotatable bonds is 4. The van der Waals surface area contributed by atoms with Gasteiger partial charge in [-0.2, -0.15) is 0 Å². The summed E-state index contributed by atoms with van der Waals surface area (Å²) in [5.41, 5.74) is 1.00.